The Balaban J connectivity index is 1.63. The Morgan fingerprint density at radius 1 is 1.04 bits per heavy atom. The number of carbonyl (C=O) groups excluding carboxylic acids is 1. The third-order valence-electron chi connectivity index (χ3n) is 3.89. The first kappa shape index (κ1) is 19.5. The molecule has 3 aromatic rings. The molecule has 0 aliphatic heterocycles. The topological polar surface area (TPSA) is 59.9 Å². The molecule has 3 rings (SSSR count). The van der Waals surface area contributed by atoms with Gasteiger partial charge in [0, 0.05) is 10.6 Å². The summed E-state index contributed by atoms with van der Waals surface area (Å²) in [7, 11) is 1.57. The van der Waals surface area contributed by atoms with Gasteiger partial charge in [-0.3, -0.25) is 4.79 Å². The number of nitrogens with zero attached hydrogens (tertiary/aromatic N) is 1. The summed E-state index contributed by atoms with van der Waals surface area (Å²) in [4.78, 5) is 12.0. The van der Waals surface area contributed by atoms with Crippen molar-refractivity contribution in [2.75, 3.05) is 7.11 Å². The van der Waals surface area contributed by atoms with Crippen molar-refractivity contribution in [3.63, 3.8) is 0 Å². The van der Waals surface area contributed by atoms with Gasteiger partial charge in [0.05, 0.1) is 13.3 Å². The van der Waals surface area contributed by atoms with Crippen molar-refractivity contribution >= 4 is 23.7 Å². The third kappa shape index (κ3) is 5.34. The van der Waals surface area contributed by atoms with E-state index >= 15 is 0 Å². The summed E-state index contributed by atoms with van der Waals surface area (Å²) >= 11 is 5.99. The molecular formula is C22H19ClN2O3. The average Bonchev–Trinajstić information content (AvgIpc) is 2.73. The van der Waals surface area contributed by atoms with Crippen LogP contribution < -0.4 is 14.9 Å². The van der Waals surface area contributed by atoms with Crippen molar-refractivity contribution in [2.24, 2.45) is 5.10 Å². The van der Waals surface area contributed by atoms with Gasteiger partial charge in [0.15, 0.2) is 11.5 Å². The first-order valence-corrected chi connectivity index (χ1v) is 8.97. The number of amides is 1. The fraction of sp³-hybridized carbons (Fsp3) is 0.0909. The molecule has 0 heterocycles. The molecule has 142 valence electrons. The van der Waals surface area contributed by atoms with Crippen LogP contribution >= 0.6 is 11.6 Å². The summed E-state index contributed by atoms with van der Waals surface area (Å²) < 4.78 is 11.2. The lowest BCUT2D eigenvalue weighted by atomic mass is 10.2. The minimum atomic E-state index is -0.273. The Hall–Kier alpha value is -3.31. The zero-order valence-electron chi connectivity index (χ0n) is 15.3. The quantitative estimate of drug-likeness (QED) is 0.467. The molecule has 0 unspecified atom stereocenters. The van der Waals surface area contributed by atoms with E-state index in [1.165, 1.54) is 0 Å². The van der Waals surface area contributed by atoms with Crippen LogP contribution in [0.2, 0.25) is 5.02 Å². The standard InChI is InChI=1S/C22H19ClN2O3/c1-27-21-13-16(14-24-25-22(26)18-7-3-2-4-8-18)10-11-20(21)28-15-17-6-5-9-19(23)12-17/h2-14H,15H2,1H3,(H,25,26)/b24-14+. The maximum absolute atomic E-state index is 12.0. The number of nitrogens with one attached hydrogen (secondary N) is 1. The summed E-state index contributed by atoms with van der Waals surface area (Å²) in [5.74, 6) is 0.901. The fourth-order valence-electron chi connectivity index (χ4n) is 2.49. The van der Waals surface area contributed by atoms with Gasteiger partial charge >= 0.3 is 0 Å². The summed E-state index contributed by atoms with van der Waals surface area (Å²) in [6, 6.07) is 21.8. The van der Waals surface area contributed by atoms with E-state index in [1.54, 1.807) is 49.7 Å². The molecule has 0 saturated heterocycles. The smallest absolute Gasteiger partial charge is 0.271 e. The van der Waals surface area contributed by atoms with Crippen LogP contribution in [0.25, 0.3) is 0 Å². The highest BCUT2D eigenvalue weighted by Crippen LogP contribution is 2.28. The molecule has 0 radical (unpaired) electrons. The van der Waals surface area contributed by atoms with E-state index in [9.17, 15) is 4.79 Å². The molecule has 0 atom stereocenters. The Morgan fingerprint density at radius 2 is 1.86 bits per heavy atom. The summed E-state index contributed by atoms with van der Waals surface area (Å²) in [6.07, 6.45) is 1.55. The maximum Gasteiger partial charge on any atom is 0.271 e. The number of hydrazone groups is 1. The zero-order valence-corrected chi connectivity index (χ0v) is 16.0. The molecular weight excluding hydrogens is 376 g/mol. The van der Waals surface area contributed by atoms with Crippen LogP contribution in [0, 0.1) is 0 Å². The number of methoxy groups -OCH3 is 1. The van der Waals surface area contributed by atoms with E-state index in [0.29, 0.717) is 28.7 Å². The first-order valence-electron chi connectivity index (χ1n) is 8.59. The predicted molar refractivity (Wildman–Crippen MR) is 110 cm³/mol. The number of halogens is 1. The Morgan fingerprint density at radius 3 is 2.61 bits per heavy atom. The highest BCUT2D eigenvalue weighted by molar-refractivity contribution is 6.30. The van der Waals surface area contributed by atoms with Crippen LogP contribution in [0.1, 0.15) is 21.5 Å². The second-order valence-electron chi connectivity index (χ2n) is 5.89. The van der Waals surface area contributed by atoms with E-state index in [-0.39, 0.29) is 5.91 Å². The fourth-order valence-corrected chi connectivity index (χ4v) is 2.70. The SMILES string of the molecule is COc1cc(/C=N/NC(=O)c2ccccc2)ccc1OCc1cccc(Cl)c1. The Kier molecular flexibility index (Phi) is 6.65. The molecule has 1 amide bonds. The molecule has 3 aromatic carbocycles. The number of benzene rings is 3. The predicted octanol–water partition coefficient (Wildman–Crippen LogP) is 4.69. The Labute approximate surface area is 168 Å². The van der Waals surface area contributed by atoms with Crippen molar-refractivity contribution in [1.29, 1.82) is 0 Å². The number of rotatable bonds is 7. The molecule has 0 fully saturated rings. The van der Waals surface area contributed by atoms with Gasteiger partial charge in [0.2, 0.25) is 0 Å². The van der Waals surface area contributed by atoms with Crippen molar-refractivity contribution in [2.45, 2.75) is 6.61 Å². The van der Waals surface area contributed by atoms with Crippen LogP contribution in [0.5, 0.6) is 11.5 Å². The monoisotopic (exact) mass is 394 g/mol. The molecule has 0 aromatic heterocycles. The van der Waals surface area contributed by atoms with E-state index in [1.807, 2.05) is 36.4 Å². The second-order valence-corrected chi connectivity index (χ2v) is 6.33. The van der Waals surface area contributed by atoms with Crippen LogP contribution in [0.15, 0.2) is 77.9 Å². The molecule has 0 aliphatic carbocycles. The van der Waals surface area contributed by atoms with Crippen LogP contribution in [-0.4, -0.2) is 19.2 Å². The van der Waals surface area contributed by atoms with Gasteiger partial charge in [-0.05, 0) is 53.6 Å². The number of carbonyl (C=O) groups is 1. The van der Waals surface area contributed by atoms with Gasteiger partial charge in [0.1, 0.15) is 6.61 Å². The normalized spacial score (nSPS) is 10.6. The minimum Gasteiger partial charge on any atom is -0.493 e. The van der Waals surface area contributed by atoms with Gasteiger partial charge in [-0.25, -0.2) is 5.43 Å². The second kappa shape index (κ2) is 9.58. The van der Waals surface area contributed by atoms with E-state index in [2.05, 4.69) is 10.5 Å². The molecule has 0 saturated carbocycles. The van der Waals surface area contributed by atoms with E-state index in [0.717, 1.165) is 11.1 Å². The van der Waals surface area contributed by atoms with Gasteiger partial charge in [0.25, 0.3) is 5.91 Å². The van der Waals surface area contributed by atoms with Gasteiger partial charge in [-0.2, -0.15) is 5.10 Å². The zero-order chi connectivity index (χ0) is 19.8. The van der Waals surface area contributed by atoms with E-state index in [4.69, 9.17) is 21.1 Å². The maximum atomic E-state index is 12.0. The average molecular weight is 395 g/mol. The molecule has 0 bridgehead atoms. The molecule has 6 heteroatoms. The first-order chi connectivity index (χ1) is 13.7. The lowest BCUT2D eigenvalue weighted by Gasteiger charge is -2.11. The van der Waals surface area contributed by atoms with Crippen LogP contribution in [0.4, 0.5) is 0 Å². The lowest BCUT2D eigenvalue weighted by Crippen LogP contribution is -2.17. The molecule has 0 spiro atoms. The van der Waals surface area contributed by atoms with Gasteiger partial charge in [-0.1, -0.05) is 41.9 Å². The van der Waals surface area contributed by atoms with Crippen LogP contribution in [0.3, 0.4) is 0 Å². The number of ether oxygens (including phenoxy) is 2. The van der Waals surface area contributed by atoms with Crippen molar-refractivity contribution in [1.82, 2.24) is 5.43 Å². The third-order valence-corrected chi connectivity index (χ3v) is 4.12. The van der Waals surface area contributed by atoms with Crippen LogP contribution in [-0.2, 0) is 6.61 Å². The van der Waals surface area contributed by atoms with Crippen molar-refractivity contribution < 1.29 is 14.3 Å². The molecule has 0 aliphatic rings. The van der Waals surface area contributed by atoms with Gasteiger partial charge < -0.3 is 9.47 Å². The summed E-state index contributed by atoms with van der Waals surface area (Å²) in [6.45, 7) is 0.373. The highest BCUT2D eigenvalue weighted by Gasteiger charge is 2.06. The van der Waals surface area contributed by atoms with Crippen molar-refractivity contribution in [3.05, 3.63) is 94.5 Å². The Bertz CT molecular complexity index is 975. The summed E-state index contributed by atoms with van der Waals surface area (Å²) in [5, 5.41) is 4.65. The lowest BCUT2D eigenvalue weighted by molar-refractivity contribution is 0.0955. The molecule has 5 nitrogen and oxygen atoms in total. The number of hydrogen-bond donors (Lipinski definition) is 1. The highest BCUT2D eigenvalue weighted by atomic mass is 35.5. The van der Waals surface area contributed by atoms with Crippen molar-refractivity contribution in [3.8, 4) is 11.5 Å². The largest absolute Gasteiger partial charge is 0.493 e. The molecule has 1 N–H and O–H groups in total. The van der Waals surface area contributed by atoms with Gasteiger partial charge in [-0.15, -0.1) is 0 Å². The van der Waals surface area contributed by atoms with E-state index < -0.39 is 0 Å². The minimum absolute atomic E-state index is 0.273. The number of hydrogen-bond acceptors (Lipinski definition) is 4. The summed E-state index contributed by atoms with van der Waals surface area (Å²) in [5.41, 5.74) is 4.77. The molecule has 28 heavy (non-hydrogen) atoms.